The summed E-state index contributed by atoms with van der Waals surface area (Å²) in [6, 6.07) is 8.43. The van der Waals surface area contributed by atoms with Crippen molar-refractivity contribution < 1.29 is 9.53 Å². The molecule has 3 nitrogen and oxygen atoms in total. The van der Waals surface area contributed by atoms with Crippen LogP contribution in [0.2, 0.25) is 0 Å². The van der Waals surface area contributed by atoms with Crippen LogP contribution in [0.5, 0.6) is 0 Å². The Morgan fingerprint density at radius 1 is 1.33 bits per heavy atom. The molecule has 3 heteroatoms. The highest BCUT2D eigenvalue weighted by Crippen LogP contribution is 2.16. The maximum absolute atomic E-state index is 10.8. The first-order valence-corrected chi connectivity index (χ1v) is 6.58. The minimum atomic E-state index is -0.213. The lowest BCUT2D eigenvalue weighted by molar-refractivity contribution is -0.140. The van der Waals surface area contributed by atoms with E-state index in [-0.39, 0.29) is 5.97 Å². The highest BCUT2D eigenvalue weighted by atomic mass is 16.5. The molecule has 0 saturated carbocycles. The third-order valence-corrected chi connectivity index (χ3v) is 2.81. The summed E-state index contributed by atoms with van der Waals surface area (Å²) in [6.45, 7) is 7.92. The first-order valence-electron chi connectivity index (χ1n) is 6.58. The number of esters is 1. The van der Waals surface area contributed by atoms with E-state index in [9.17, 15) is 4.79 Å². The van der Waals surface area contributed by atoms with E-state index in [1.54, 1.807) is 0 Å². The van der Waals surface area contributed by atoms with Gasteiger partial charge in [0.05, 0.1) is 6.54 Å². The average molecular weight is 249 g/mol. The molecule has 1 rings (SSSR count). The lowest BCUT2D eigenvalue weighted by atomic mass is 10.2. The molecule has 0 aromatic heterocycles. The summed E-state index contributed by atoms with van der Waals surface area (Å²) in [5.74, 6) is -0.213. The van der Waals surface area contributed by atoms with Gasteiger partial charge in [-0.15, -0.1) is 0 Å². The Bertz CT molecular complexity index is 377. The Labute approximate surface area is 110 Å². The molecule has 0 heterocycles. The Hall–Kier alpha value is -1.51. The van der Waals surface area contributed by atoms with Crippen molar-refractivity contribution in [1.82, 2.24) is 0 Å². The van der Waals surface area contributed by atoms with Crippen molar-refractivity contribution in [3.8, 4) is 0 Å². The van der Waals surface area contributed by atoms with Crippen molar-refractivity contribution in [2.24, 2.45) is 0 Å². The summed E-state index contributed by atoms with van der Waals surface area (Å²) in [5.41, 5.74) is 2.46. The van der Waals surface area contributed by atoms with Crippen LogP contribution in [0.4, 0.5) is 5.69 Å². The van der Waals surface area contributed by atoms with Crippen molar-refractivity contribution in [1.29, 1.82) is 0 Å². The largest absolute Gasteiger partial charge is 0.464 e. The number of carbonyl (C=O) groups excluding carboxylic acids is 1. The van der Waals surface area contributed by atoms with E-state index < -0.39 is 0 Å². The first kappa shape index (κ1) is 14.6. The molecule has 0 fully saturated rings. The monoisotopic (exact) mass is 249 g/mol. The predicted molar refractivity (Wildman–Crippen MR) is 74.9 cm³/mol. The molecule has 0 atom stereocenters. The third kappa shape index (κ3) is 5.21. The molecule has 0 saturated heterocycles. The molecule has 0 bridgehead atoms. The van der Waals surface area contributed by atoms with Gasteiger partial charge in [-0.3, -0.25) is 4.79 Å². The summed E-state index contributed by atoms with van der Waals surface area (Å²) in [4.78, 5) is 13.1. The number of hydrogen-bond donors (Lipinski definition) is 0. The van der Waals surface area contributed by atoms with Crippen LogP contribution in [0, 0.1) is 6.92 Å². The van der Waals surface area contributed by atoms with Crippen molar-refractivity contribution in [3.63, 3.8) is 0 Å². The number of hydrogen-bond acceptors (Lipinski definition) is 3. The van der Waals surface area contributed by atoms with Gasteiger partial charge in [0.25, 0.3) is 0 Å². The molecule has 0 amide bonds. The van der Waals surface area contributed by atoms with E-state index >= 15 is 0 Å². The molecule has 1 aromatic carbocycles. The van der Waals surface area contributed by atoms with Crippen molar-refractivity contribution in [3.05, 3.63) is 29.8 Å². The van der Waals surface area contributed by atoms with Crippen LogP contribution >= 0.6 is 0 Å². The molecular weight excluding hydrogens is 226 g/mol. The Morgan fingerprint density at radius 2 is 2.11 bits per heavy atom. The molecule has 0 radical (unpaired) electrons. The van der Waals surface area contributed by atoms with E-state index in [0.29, 0.717) is 6.61 Å². The summed E-state index contributed by atoms with van der Waals surface area (Å²) < 4.78 is 5.02. The first-order chi connectivity index (χ1) is 8.63. The van der Waals surface area contributed by atoms with Crippen molar-refractivity contribution >= 4 is 11.7 Å². The summed E-state index contributed by atoms with van der Waals surface area (Å²) in [6.07, 6.45) is 2.31. The van der Waals surface area contributed by atoms with Crippen LogP contribution in [0.1, 0.15) is 32.3 Å². The van der Waals surface area contributed by atoms with E-state index in [1.165, 1.54) is 18.2 Å². The van der Waals surface area contributed by atoms with Crippen LogP contribution in [-0.4, -0.2) is 25.7 Å². The molecule has 100 valence electrons. The normalized spacial score (nSPS) is 10.2. The lowest BCUT2D eigenvalue weighted by Gasteiger charge is -2.24. The van der Waals surface area contributed by atoms with Gasteiger partial charge in [-0.05, 0) is 31.0 Å². The predicted octanol–water partition coefficient (Wildman–Crippen LogP) is 3.16. The molecule has 0 aliphatic heterocycles. The van der Waals surface area contributed by atoms with Gasteiger partial charge in [-0.2, -0.15) is 0 Å². The van der Waals surface area contributed by atoms with E-state index in [1.807, 2.05) is 0 Å². The molecule has 0 spiro atoms. The van der Waals surface area contributed by atoms with Gasteiger partial charge in [0.1, 0.15) is 6.61 Å². The van der Waals surface area contributed by atoms with Gasteiger partial charge < -0.3 is 9.64 Å². The van der Waals surface area contributed by atoms with Gasteiger partial charge in [-0.25, -0.2) is 0 Å². The number of nitrogens with zero attached hydrogens (tertiary/aromatic N) is 1. The number of benzene rings is 1. The minimum absolute atomic E-state index is 0.213. The smallest absolute Gasteiger partial charge is 0.302 e. The van der Waals surface area contributed by atoms with E-state index in [4.69, 9.17) is 4.74 Å². The lowest BCUT2D eigenvalue weighted by Crippen LogP contribution is -2.29. The Kier molecular flexibility index (Phi) is 6.26. The second-order valence-electron chi connectivity index (χ2n) is 4.52. The van der Waals surface area contributed by atoms with Gasteiger partial charge in [0.15, 0.2) is 0 Å². The fraction of sp³-hybridized carbons (Fsp3) is 0.533. The quantitative estimate of drug-likeness (QED) is 0.695. The molecular formula is C15H23NO2. The maximum atomic E-state index is 10.8. The fourth-order valence-electron chi connectivity index (χ4n) is 1.84. The van der Waals surface area contributed by atoms with Crippen LogP contribution in [0.3, 0.4) is 0 Å². The SMILES string of the molecule is CCCCN(CCOC(C)=O)c1cccc(C)c1. The Balaban J connectivity index is 2.62. The summed E-state index contributed by atoms with van der Waals surface area (Å²) in [7, 11) is 0. The molecule has 0 N–H and O–H groups in total. The number of anilines is 1. The molecule has 0 unspecified atom stereocenters. The van der Waals surface area contributed by atoms with Crippen molar-refractivity contribution in [2.45, 2.75) is 33.6 Å². The van der Waals surface area contributed by atoms with Crippen LogP contribution in [0.25, 0.3) is 0 Å². The highest BCUT2D eigenvalue weighted by molar-refractivity contribution is 5.65. The highest BCUT2D eigenvalue weighted by Gasteiger charge is 2.06. The van der Waals surface area contributed by atoms with Crippen LogP contribution < -0.4 is 4.90 Å². The maximum Gasteiger partial charge on any atom is 0.302 e. The number of rotatable bonds is 7. The standard InChI is InChI=1S/C15H23NO2/c1-4-5-9-16(10-11-18-14(3)17)15-8-6-7-13(2)12-15/h6-8,12H,4-5,9-11H2,1-3H3. The van der Waals surface area contributed by atoms with Gasteiger partial charge in [0, 0.05) is 19.2 Å². The van der Waals surface area contributed by atoms with Crippen LogP contribution in [0.15, 0.2) is 24.3 Å². The minimum Gasteiger partial charge on any atom is -0.464 e. The molecule has 1 aromatic rings. The molecule has 0 aliphatic carbocycles. The summed E-state index contributed by atoms with van der Waals surface area (Å²) >= 11 is 0. The Morgan fingerprint density at radius 3 is 2.72 bits per heavy atom. The number of unbranched alkanes of at least 4 members (excludes halogenated alkanes) is 1. The van der Waals surface area contributed by atoms with E-state index in [0.717, 1.165) is 25.9 Å². The zero-order valence-corrected chi connectivity index (χ0v) is 11.6. The van der Waals surface area contributed by atoms with Gasteiger partial charge in [0.2, 0.25) is 0 Å². The van der Waals surface area contributed by atoms with Crippen LogP contribution in [-0.2, 0) is 9.53 Å². The fourth-order valence-corrected chi connectivity index (χ4v) is 1.84. The third-order valence-electron chi connectivity index (χ3n) is 2.81. The zero-order valence-electron chi connectivity index (χ0n) is 11.6. The molecule has 0 aliphatic rings. The number of carbonyl (C=O) groups is 1. The molecule has 18 heavy (non-hydrogen) atoms. The van der Waals surface area contributed by atoms with Gasteiger partial charge in [-0.1, -0.05) is 25.5 Å². The summed E-state index contributed by atoms with van der Waals surface area (Å²) in [5, 5.41) is 0. The second kappa shape index (κ2) is 7.75. The van der Waals surface area contributed by atoms with E-state index in [2.05, 4.69) is 43.0 Å². The zero-order chi connectivity index (χ0) is 13.4. The average Bonchev–Trinajstić information content (AvgIpc) is 2.33. The second-order valence-corrected chi connectivity index (χ2v) is 4.52. The van der Waals surface area contributed by atoms with Crippen molar-refractivity contribution in [2.75, 3.05) is 24.6 Å². The van der Waals surface area contributed by atoms with Gasteiger partial charge >= 0.3 is 5.97 Å². The number of ether oxygens (including phenoxy) is 1. The topological polar surface area (TPSA) is 29.5 Å². The number of aryl methyl sites for hydroxylation is 1.